The summed E-state index contributed by atoms with van der Waals surface area (Å²) in [6, 6.07) is 0. The normalized spacial score (nSPS) is 12.0. The lowest BCUT2D eigenvalue weighted by Crippen LogP contribution is -2.49. The third kappa shape index (κ3) is 9.60. The minimum absolute atomic E-state index is 0.510. The summed E-state index contributed by atoms with van der Waals surface area (Å²) >= 11 is 4.03. The molecule has 0 aliphatic rings. The number of thiol groups is 1. The molecule has 0 fully saturated rings. The van der Waals surface area contributed by atoms with Crippen LogP contribution in [0, 0.1) is 0 Å². The van der Waals surface area contributed by atoms with Gasteiger partial charge in [-0.2, -0.15) is 12.6 Å². The number of rotatable bonds is 12. The fraction of sp³-hybridized carbons (Fsp3) is 1.00. The Labute approximate surface area is 142 Å². The van der Waals surface area contributed by atoms with Crippen molar-refractivity contribution in [2.75, 3.05) is 53.1 Å². The van der Waals surface area contributed by atoms with Gasteiger partial charge in [0.25, 0.3) is 0 Å². The average Bonchev–Trinajstić information content (AvgIpc) is 2.52. The molecule has 136 valence electrons. The van der Waals surface area contributed by atoms with E-state index < -0.39 is 17.9 Å². The minimum Gasteiger partial charge on any atom is -0.376 e. The summed E-state index contributed by atoms with van der Waals surface area (Å²) in [5.74, 6) is 0. The molecule has 0 atom stereocenters. The van der Waals surface area contributed by atoms with E-state index in [4.69, 9.17) is 31.0 Å². The molecule has 0 N–H and O–H groups in total. The van der Waals surface area contributed by atoms with Crippen LogP contribution in [0.15, 0.2) is 0 Å². The van der Waals surface area contributed by atoms with Crippen molar-refractivity contribution in [3.05, 3.63) is 0 Å². The molecule has 0 heterocycles. The van der Waals surface area contributed by atoms with Crippen molar-refractivity contribution in [3.8, 4) is 0 Å². The summed E-state index contributed by atoms with van der Waals surface area (Å²) < 4.78 is 36.7. The highest BCUT2D eigenvalue weighted by molar-refractivity contribution is 7.82. The second-order valence-corrected chi connectivity index (χ2v) is 9.70. The van der Waals surface area contributed by atoms with E-state index in [1.165, 1.54) is 0 Å². The zero-order valence-electron chi connectivity index (χ0n) is 14.8. The van der Waals surface area contributed by atoms with Crippen LogP contribution < -0.4 is 0 Å². The van der Waals surface area contributed by atoms with Gasteiger partial charge in [0.2, 0.25) is 0 Å². The van der Waals surface area contributed by atoms with Gasteiger partial charge in [0, 0.05) is 47.8 Å². The zero-order valence-corrected chi connectivity index (χ0v) is 17.7. The summed E-state index contributed by atoms with van der Waals surface area (Å²) in [6.45, 7) is 9.80. The Morgan fingerprint density at radius 2 is 0.909 bits per heavy atom. The first kappa shape index (κ1) is 24.8. The highest BCUT2D eigenvalue weighted by Gasteiger charge is 2.44. The Hall–Kier alpha value is 0.504. The topological polar surface area (TPSA) is 64.6 Å². The maximum absolute atomic E-state index is 5.42. The fourth-order valence-corrected chi connectivity index (χ4v) is 5.36. The molecule has 0 radical (unpaired) electrons. The van der Waals surface area contributed by atoms with Crippen molar-refractivity contribution in [1.29, 1.82) is 0 Å². The summed E-state index contributed by atoms with van der Waals surface area (Å²) in [5, 5.41) is 0.510. The monoisotopic (exact) mass is 376 g/mol. The van der Waals surface area contributed by atoms with Gasteiger partial charge in [-0.3, -0.25) is 0 Å². The maximum Gasteiger partial charge on any atom is 0.679 e. The predicted octanol–water partition coefficient (Wildman–Crippen LogP) is 1.90. The van der Waals surface area contributed by atoms with Crippen LogP contribution in [0.3, 0.4) is 0 Å². The van der Waals surface area contributed by atoms with Gasteiger partial charge in [-0.1, -0.05) is 0 Å². The van der Waals surface area contributed by atoms with Gasteiger partial charge >= 0.3 is 17.9 Å². The lowest BCUT2D eigenvalue weighted by atomic mass is 10.9. The van der Waals surface area contributed by atoms with Crippen molar-refractivity contribution in [1.82, 2.24) is 0 Å². The summed E-state index contributed by atoms with van der Waals surface area (Å²) in [7, 11) is -0.428. The molecule has 0 aliphatic carbocycles. The smallest absolute Gasteiger partial charge is 0.376 e. The molecule has 10 heteroatoms. The lowest BCUT2D eigenvalue weighted by Gasteiger charge is -2.26. The Bertz CT molecular complexity index is 198. The molecule has 0 spiro atoms. The molecule has 0 aromatic carbocycles. The largest absolute Gasteiger partial charge is 0.679 e. The van der Waals surface area contributed by atoms with E-state index in [9.17, 15) is 0 Å². The fourth-order valence-electron chi connectivity index (χ4n) is 1.40. The van der Waals surface area contributed by atoms with Crippen molar-refractivity contribution in [2.24, 2.45) is 0 Å². The van der Waals surface area contributed by atoms with E-state index in [0.29, 0.717) is 31.8 Å². The van der Waals surface area contributed by atoms with E-state index in [2.05, 4.69) is 12.6 Å². The summed E-state index contributed by atoms with van der Waals surface area (Å²) in [6.07, 6.45) is 0. The summed E-state index contributed by atoms with van der Waals surface area (Å²) in [5.41, 5.74) is 0. The van der Waals surface area contributed by atoms with Crippen LogP contribution in [0.25, 0.3) is 0 Å². The van der Waals surface area contributed by atoms with Gasteiger partial charge in [0.15, 0.2) is 0 Å². The van der Waals surface area contributed by atoms with Crippen LogP contribution >= 0.6 is 12.6 Å². The van der Waals surface area contributed by atoms with Crippen LogP contribution in [0.1, 0.15) is 27.7 Å². The van der Waals surface area contributed by atoms with Gasteiger partial charge in [-0.15, -0.1) is 0 Å². The molecule has 0 aromatic rings. The highest BCUT2D eigenvalue weighted by Crippen LogP contribution is 2.11. The van der Waals surface area contributed by atoms with Crippen molar-refractivity contribution >= 4 is 30.5 Å². The van der Waals surface area contributed by atoms with E-state index in [-0.39, 0.29) is 0 Å². The zero-order chi connectivity index (χ0) is 17.5. The maximum atomic E-state index is 5.42. The van der Waals surface area contributed by atoms with Crippen molar-refractivity contribution in [2.45, 2.75) is 27.7 Å². The Kier molecular flexibility index (Phi) is 16.9. The molecule has 7 nitrogen and oxygen atoms in total. The van der Waals surface area contributed by atoms with E-state index in [0.717, 1.165) is 0 Å². The molecule has 0 amide bonds. The first-order chi connectivity index (χ1) is 10.5. The van der Waals surface area contributed by atoms with Crippen LogP contribution in [-0.4, -0.2) is 71.0 Å². The van der Waals surface area contributed by atoms with Crippen LogP contribution in [-0.2, 0) is 31.0 Å². The molecule has 0 rings (SSSR count). The molecular formula is C12H32O7SSi2. The number of hydrogen-bond donors (Lipinski definition) is 1. The van der Waals surface area contributed by atoms with Crippen LogP contribution in [0.4, 0.5) is 0 Å². The predicted molar refractivity (Wildman–Crippen MR) is 92.9 cm³/mol. The summed E-state index contributed by atoms with van der Waals surface area (Å²) in [4.78, 5) is 0. The molecule has 0 bridgehead atoms. The SMILES string of the molecule is CCO[Si](OCC)(OCC)OCC.CO[Si](CS)(OC)OC. The van der Waals surface area contributed by atoms with E-state index in [1.807, 2.05) is 27.7 Å². The first-order valence-electron chi connectivity index (χ1n) is 7.31. The average molecular weight is 377 g/mol. The first-order valence-corrected chi connectivity index (χ1v) is 11.5. The molecule has 0 aromatic heterocycles. The molecule has 0 aliphatic heterocycles. The second-order valence-electron chi connectivity index (χ2n) is 3.69. The molecule has 0 saturated carbocycles. The van der Waals surface area contributed by atoms with Gasteiger partial charge in [0.05, 0.1) is 5.38 Å². The Balaban J connectivity index is 0. The standard InChI is InChI=1S/C8H20O4Si.C4H12O3SSi/c1-5-9-13(10-6-2,11-7-3)12-8-4;1-5-9(4-8,6-2)7-3/h5-8H2,1-4H3;8H,4H2,1-3H3. The van der Waals surface area contributed by atoms with Gasteiger partial charge in [-0.25, -0.2) is 0 Å². The van der Waals surface area contributed by atoms with E-state index in [1.54, 1.807) is 21.3 Å². The molecule has 22 heavy (non-hydrogen) atoms. The Morgan fingerprint density at radius 1 is 0.636 bits per heavy atom. The Morgan fingerprint density at radius 3 is 1.00 bits per heavy atom. The third-order valence-electron chi connectivity index (χ3n) is 2.41. The molecular weight excluding hydrogens is 344 g/mol. The van der Waals surface area contributed by atoms with Crippen LogP contribution in [0.2, 0.25) is 0 Å². The minimum atomic E-state index is -2.80. The van der Waals surface area contributed by atoms with Gasteiger partial charge in [0.1, 0.15) is 0 Å². The molecule has 0 unspecified atom stereocenters. The van der Waals surface area contributed by atoms with Crippen molar-refractivity contribution in [3.63, 3.8) is 0 Å². The van der Waals surface area contributed by atoms with Crippen LogP contribution in [0.5, 0.6) is 0 Å². The quantitative estimate of drug-likeness (QED) is 0.412. The lowest BCUT2D eigenvalue weighted by molar-refractivity contribution is -0.0247. The second kappa shape index (κ2) is 15.1. The number of hydrogen-bond acceptors (Lipinski definition) is 8. The van der Waals surface area contributed by atoms with Gasteiger partial charge < -0.3 is 31.0 Å². The van der Waals surface area contributed by atoms with E-state index >= 15 is 0 Å². The third-order valence-corrected chi connectivity index (χ3v) is 8.40. The molecule has 0 saturated heterocycles. The highest BCUT2D eigenvalue weighted by atomic mass is 32.1. The van der Waals surface area contributed by atoms with Gasteiger partial charge in [-0.05, 0) is 27.7 Å². The van der Waals surface area contributed by atoms with Crippen molar-refractivity contribution < 1.29 is 31.0 Å².